The molecule has 0 atom stereocenters. The van der Waals surface area contributed by atoms with E-state index in [2.05, 4.69) is 38.2 Å². The number of anilines is 2. The van der Waals surface area contributed by atoms with Crippen molar-refractivity contribution in [2.24, 2.45) is 11.0 Å². The Morgan fingerprint density at radius 3 is 2.72 bits per heavy atom. The van der Waals surface area contributed by atoms with Crippen LogP contribution in [0.2, 0.25) is 0 Å². The van der Waals surface area contributed by atoms with Gasteiger partial charge >= 0.3 is 0 Å². The molecule has 2 heterocycles. The van der Waals surface area contributed by atoms with Gasteiger partial charge in [0.05, 0.1) is 17.4 Å². The maximum absolute atomic E-state index is 7.27. The molecule has 0 bridgehead atoms. The first-order valence-electron chi connectivity index (χ1n) is 10.2. The highest BCUT2D eigenvalue weighted by molar-refractivity contribution is 5.84. The lowest BCUT2D eigenvalue weighted by molar-refractivity contribution is 0.312. The van der Waals surface area contributed by atoms with Crippen LogP contribution in [0.4, 0.5) is 17.3 Å². The van der Waals surface area contributed by atoms with Crippen LogP contribution in [0, 0.1) is 11.4 Å². The summed E-state index contributed by atoms with van der Waals surface area (Å²) < 4.78 is 1.87. The summed E-state index contributed by atoms with van der Waals surface area (Å²) in [5.74, 6) is 1.34. The first-order chi connectivity index (χ1) is 14.2. The Bertz CT molecular complexity index is 988. The van der Waals surface area contributed by atoms with E-state index in [9.17, 15) is 0 Å². The van der Waals surface area contributed by atoms with Gasteiger partial charge in [-0.1, -0.05) is 6.07 Å². The van der Waals surface area contributed by atoms with Crippen LogP contribution in [-0.4, -0.2) is 41.3 Å². The molecule has 4 rings (SSSR count). The largest absolute Gasteiger partial charge is 0.386 e. The number of fused-ring (bicyclic) bond motifs is 1. The highest BCUT2D eigenvalue weighted by Crippen LogP contribution is 2.33. The van der Waals surface area contributed by atoms with Crippen molar-refractivity contribution in [3.05, 3.63) is 36.7 Å². The van der Waals surface area contributed by atoms with Crippen molar-refractivity contribution in [2.75, 3.05) is 31.3 Å². The molecule has 2 aromatic heterocycles. The molecule has 29 heavy (non-hydrogen) atoms. The second-order valence-corrected chi connectivity index (χ2v) is 7.62. The van der Waals surface area contributed by atoms with E-state index < -0.39 is 0 Å². The lowest BCUT2D eigenvalue weighted by Gasteiger charge is -2.28. The second kappa shape index (κ2) is 8.57. The molecule has 0 amide bonds. The molecule has 0 unspecified atom stereocenters. The molecule has 0 spiro atoms. The van der Waals surface area contributed by atoms with Crippen LogP contribution >= 0.6 is 0 Å². The van der Waals surface area contributed by atoms with Gasteiger partial charge in [-0.3, -0.25) is 0 Å². The van der Waals surface area contributed by atoms with Gasteiger partial charge in [0.1, 0.15) is 5.69 Å². The number of nitrogens with one attached hydrogen (secondary N) is 4. The Labute approximate surface area is 170 Å². The van der Waals surface area contributed by atoms with Gasteiger partial charge in [0, 0.05) is 31.4 Å². The summed E-state index contributed by atoms with van der Waals surface area (Å²) >= 11 is 0. The van der Waals surface area contributed by atoms with Crippen LogP contribution in [0.1, 0.15) is 25.7 Å². The van der Waals surface area contributed by atoms with E-state index in [-0.39, 0.29) is 0 Å². The van der Waals surface area contributed by atoms with Crippen molar-refractivity contribution in [1.82, 2.24) is 19.9 Å². The van der Waals surface area contributed by atoms with Crippen molar-refractivity contribution < 1.29 is 0 Å². The monoisotopic (exact) mass is 392 g/mol. The van der Waals surface area contributed by atoms with Crippen LogP contribution in [0.5, 0.6) is 0 Å². The molecule has 1 aliphatic carbocycles. The lowest BCUT2D eigenvalue weighted by Crippen LogP contribution is -2.32. The zero-order valence-corrected chi connectivity index (χ0v) is 16.9. The maximum atomic E-state index is 7.27. The summed E-state index contributed by atoms with van der Waals surface area (Å²) in [4.78, 5) is 4.54. The van der Waals surface area contributed by atoms with Crippen molar-refractivity contribution in [3.63, 3.8) is 0 Å². The van der Waals surface area contributed by atoms with Gasteiger partial charge < -0.3 is 16.0 Å². The summed E-state index contributed by atoms with van der Waals surface area (Å²) in [5, 5.41) is 18.1. The van der Waals surface area contributed by atoms with Gasteiger partial charge in [0.25, 0.3) is 0 Å². The first-order valence-corrected chi connectivity index (χ1v) is 10.2. The third-order valence-corrected chi connectivity index (χ3v) is 5.92. The third kappa shape index (κ3) is 4.07. The summed E-state index contributed by atoms with van der Waals surface area (Å²) in [7, 11) is 3.88. The normalized spacial score (nSPS) is 19.2. The van der Waals surface area contributed by atoms with Crippen LogP contribution in [0.15, 0.2) is 41.8 Å². The van der Waals surface area contributed by atoms with Crippen LogP contribution in [0.3, 0.4) is 0 Å². The summed E-state index contributed by atoms with van der Waals surface area (Å²) in [6.07, 6.45) is 8.78. The zero-order chi connectivity index (χ0) is 20.2. The SMILES string of the molecule is CNc1cc(-c2ccn3nc(NCC4CCC(NC)CC4)ncc23)ccc1N=N. The zero-order valence-electron chi connectivity index (χ0n) is 16.9. The van der Waals surface area contributed by atoms with Gasteiger partial charge in [-0.05, 0) is 62.4 Å². The molecule has 0 saturated heterocycles. The van der Waals surface area contributed by atoms with E-state index in [0.29, 0.717) is 23.6 Å². The van der Waals surface area contributed by atoms with E-state index >= 15 is 0 Å². The predicted molar refractivity (Wildman–Crippen MR) is 116 cm³/mol. The Morgan fingerprint density at radius 2 is 2.00 bits per heavy atom. The molecule has 1 saturated carbocycles. The number of aromatic nitrogens is 3. The molecule has 0 aliphatic heterocycles. The molecule has 8 nitrogen and oxygen atoms in total. The topological polar surface area (TPSA) is 102 Å². The minimum atomic E-state index is 0.617. The van der Waals surface area contributed by atoms with E-state index in [0.717, 1.165) is 28.9 Å². The van der Waals surface area contributed by atoms with E-state index in [1.165, 1.54) is 25.7 Å². The predicted octanol–water partition coefficient (Wildman–Crippen LogP) is 4.29. The Kier molecular flexibility index (Phi) is 5.71. The van der Waals surface area contributed by atoms with Crippen molar-refractivity contribution in [3.8, 4) is 11.1 Å². The highest BCUT2D eigenvalue weighted by atomic mass is 15.3. The van der Waals surface area contributed by atoms with E-state index in [1.807, 2.05) is 48.2 Å². The molecular formula is C21H28N8. The van der Waals surface area contributed by atoms with Gasteiger partial charge in [0.15, 0.2) is 0 Å². The highest BCUT2D eigenvalue weighted by Gasteiger charge is 2.20. The number of hydrogen-bond acceptors (Lipinski definition) is 7. The molecule has 8 heteroatoms. The van der Waals surface area contributed by atoms with Crippen LogP contribution < -0.4 is 16.0 Å². The fraction of sp³-hybridized carbons (Fsp3) is 0.429. The number of rotatable bonds is 7. The maximum Gasteiger partial charge on any atom is 0.241 e. The minimum absolute atomic E-state index is 0.617. The van der Waals surface area contributed by atoms with Gasteiger partial charge in [-0.25, -0.2) is 15.0 Å². The van der Waals surface area contributed by atoms with Crippen molar-refractivity contribution in [2.45, 2.75) is 31.7 Å². The van der Waals surface area contributed by atoms with E-state index in [1.54, 1.807) is 0 Å². The first kappa shape index (κ1) is 19.3. The minimum Gasteiger partial charge on any atom is -0.386 e. The quantitative estimate of drug-likeness (QED) is 0.449. The fourth-order valence-corrected chi connectivity index (χ4v) is 4.12. The smallest absolute Gasteiger partial charge is 0.241 e. The molecule has 1 aliphatic rings. The Morgan fingerprint density at radius 1 is 1.17 bits per heavy atom. The number of benzene rings is 1. The molecule has 1 fully saturated rings. The lowest BCUT2D eigenvalue weighted by atomic mass is 9.86. The van der Waals surface area contributed by atoms with E-state index in [4.69, 9.17) is 5.53 Å². The summed E-state index contributed by atoms with van der Waals surface area (Å²) in [5.41, 5.74) is 11.7. The molecule has 3 aromatic rings. The summed E-state index contributed by atoms with van der Waals surface area (Å²) in [6, 6.07) is 8.52. The second-order valence-electron chi connectivity index (χ2n) is 7.62. The average Bonchev–Trinajstić information content (AvgIpc) is 3.20. The molecule has 0 radical (unpaired) electrons. The van der Waals surface area contributed by atoms with Gasteiger partial charge in [-0.2, -0.15) is 5.11 Å². The Hall–Kier alpha value is -3.00. The van der Waals surface area contributed by atoms with Crippen molar-refractivity contribution in [1.29, 1.82) is 5.53 Å². The number of hydrogen-bond donors (Lipinski definition) is 4. The average molecular weight is 393 g/mol. The number of nitrogens with zero attached hydrogens (tertiary/aromatic N) is 4. The van der Waals surface area contributed by atoms with Crippen molar-refractivity contribution >= 4 is 22.8 Å². The molecule has 1 aromatic carbocycles. The summed E-state index contributed by atoms with van der Waals surface area (Å²) in [6.45, 7) is 0.916. The molecule has 152 valence electrons. The molecular weight excluding hydrogens is 364 g/mol. The van der Waals surface area contributed by atoms with Gasteiger partial charge in [-0.15, -0.1) is 5.10 Å². The molecule has 4 N–H and O–H groups in total. The van der Waals surface area contributed by atoms with Crippen LogP contribution in [-0.2, 0) is 0 Å². The van der Waals surface area contributed by atoms with Crippen LogP contribution in [0.25, 0.3) is 16.6 Å². The fourth-order valence-electron chi connectivity index (χ4n) is 4.12. The van der Waals surface area contributed by atoms with Gasteiger partial charge in [0.2, 0.25) is 5.95 Å². The Balaban J connectivity index is 1.48. The standard InChI is InChI=1S/C21H28N8/c1-23-16-6-3-14(4-7-16)12-25-21-26-13-20-17(9-10-29(20)28-21)15-5-8-18(27-22)19(11-15)24-2/h5,8-11,13-14,16,22-24H,3-4,6-7,12H2,1-2H3,(H,25,28). The third-order valence-electron chi connectivity index (χ3n) is 5.92.